The van der Waals surface area contributed by atoms with E-state index in [1.165, 1.54) is 6.26 Å². The molecule has 88 valence electrons. The van der Waals surface area contributed by atoms with Crippen LogP contribution < -0.4 is 4.74 Å². The Bertz CT molecular complexity index is 539. The first-order chi connectivity index (χ1) is 8.15. The summed E-state index contributed by atoms with van der Waals surface area (Å²) >= 11 is 0. The average Bonchev–Trinajstić information content (AvgIpc) is 2.85. The molecular formula is C14H14O3. The number of benzene rings is 1. The smallest absolute Gasteiger partial charge is 0.231 e. The summed E-state index contributed by atoms with van der Waals surface area (Å²) in [6, 6.07) is 7.03. The van der Waals surface area contributed by atoms with E-state index in [1.807, 2.05) is 19.9 Å². The zero-order valence-corrected chi connectivity index (χ0v) is 10.1. The molecule has 2 rings (SSSR count). The van der Waals surface area contributed by atoms with Crippen molar-refractivity contribution in [2.45, 2.75) is 13.8 Å². The molecule has 0 N–H and O–H groups in total. The van der Waals surface area contributed by atoms with E-state index in [2.05, 4.69) is 0 Å². The second-order valence-corrected chi connectivity index (χ2v) is 3.89. The van der Waals surface area contributed by atoms with Gasteiger partial charge in [-0.1, -0.05) is 6.07 Å². The normalized spacial score (nSPS) is 10.3. The number of hydrogen-bond donors (Lipinski definition) is 0. The lowest BCUT2D eigenvalue weighted by molar-refractivity contribution is 0.101. The quantitative estimate of drug-likeness (QED) is 0.760. The lowest BCUT2D eigenvalue weighted by Gasteiger charge is -2.11. The number of ether oxygens (including phenoxy) is 1. The predicted octanol–water partition coefficient (Wildman–Crippen LogP) is 3.14. The van der Waals surface area contributed by atoms with E-state index in [0.717, 1.165) is 11.1 Å². The largest absolute Gasteiger partial charge is 0.496 e. The minimum absolute atomic E-state index is 0.157. The maximum absolute atomic E-state index is 12.2. The molecule has 0 radical (unpaired) electrons. The fourth-order valence-corrected chi connectivity index (χ4v) is 1.77. The number of hydrogen-bond acceptors (Lipinski definition) is 3. The van der Waals surface area contributed by atoms with E-state index in [0.29, 0.717) is 17.1 Å². The number of carbonyl (C=O) groups is 1. The van der Waals surface area contributed by atoms with E-state index in [1.54, 1.807) is 25.3 Å². The second-order valence-electron chi connectivity index (χ2n) is 3.89. The van der Waals surface area contributed by atoms with Crippen LogP contribution in [0.4, 0.5) is 0 Å². The van der Waals surface area contributed by atoms with Gasteiger partial charge in [-0.2, -0.15) is 0 Å². The van der Waals surface area contributed by atoms with Crippen LogP contribution in [-0.2, 0) is 0 Å². The number of rotatable bonds is 3. The van der Waals surface area contributed by atoms with Crippen molar-refractivity contribution in [2.75, 3.05) is 7.11 Å². The van der Waals surface area contributed by atoms with Gasteiger partial charge in [0.15, 0.2) is 5.76 Å². The molecule has 0 atom stereocenters. The van der Waals surface area contributed by atoms with Gasteiger partial charge < -0.3 is 9.15 Å². The van der Waals surface area contributed by atoms with Crippen LogP contribution in [0.2, 0.25) is 0 Å². The maximum atomic E-state index is 12.2. The van der Waals surface area contributed by atoms with Crippen LogP contribution in [0.1, 0.15) is 27.2 Å². The molecule has 1 heterocycles. The highest BCUT2D eigenvalue weighted by Crippen LogP contribution is 2.28. The van der Waals surface area contributed by atoms with E-state index in [4.69, 9.17) is 9.15 Å². The Hall–Kier alpha value is -2.03. The monoisotopic (exact) mass is 230 g/mol. The van der Waals surface area contributed by atoms with Gasteiger partial charge in [-0.15, -0.1) is 0 Å². The van der Waals surface area contributed by atoms with Gasteiger partial charge >= 0.3 is 0 Å². The molecule has 0 saturated carbocycles. The summed E-state index contributed by atoms with van der Waals surface area (Å²) in [5.74, 6) is 0.785. The molecule has 3 nitrogen and oxygen atoms in total. The summed E-state index contributed by atoms with van der Waals surface area (Å²) in [4.78, 5) is 12.2. The first-order valence-electron chi connectivity index (χ1n) is 5.37. The Morgan fingerprint density at radius 2 is 2.00 bits per heavy atom. The minimum Gasteiger partial charge on any atom is -0.496 e. The fourth-order valence-electron chi connectivity index (χ4n) is 1.77. The molecule has 1 aromatic carbocycles. The van der Waals surface area contributed by atoms with Gasteiger partial charge in [0.25, 0.3) is 0 Å². The zero-order chi connectivity index (χ0) is 12.4. The Kier molecular flexibility index (Phi) is 3.00. The Morgan fingerprint density at radius 1 is 1.24 bits per heavy atom. The maximum Gasteiger partial charge on any atom is 0.231 e. The third-order valence-electron chi connectivity index (χ3n) is 2.87. The topological polar surface area (TPSA) is 39.4 Å². The van der Waals surface area contributed by atoms with Crippen molar-refractivity contribution < 1.29 is 13.9 Å². The van der Waals surface area contributed by atoms with Gasteiger partial charge in [-0.25, -0.2) is 0 Å². The predicted molar refractivity (Wildman–Crippen MR) is 64.6 cm³/mol. The molecule has 0 amide bonds. The SMILES string of the molecule is COc1c(C(=O)c2ccco2)ccc(C)c1C. The summed E-state index contributed by atoms with van der Waals surface area (Å²) in [7, 11) is 1.57. The highest BCUT2D eigenvalue weighted by molar-refractivity contribution is 6.09. The van der Waals surface area contributed by atoms with Crippen molar-refractivity contribution in [1.29, 1.82) is 0 Å². The van der Waals surface area contributed by atoms with Crippen molar-refractivity contribution in [3.05, 3.63) is 53.0 Å². The van der Waals surface area contributed by atoms with Gasteiger partial charge in [-0.05, 0) is 43.2 Å². The summed E-state index contributed by atoms with van der Waals surface area (Å²) < 4.78 is 10.4. The molecule has 17 heavy (non-hydrogen) atoms. The third kappa shape index (κ3) is 1.96. The average molecular weight is 230 g/mol. The van der Waals surface area contributed by atoms with Crippen molar-refractivity contribution in [1.82, 2.24) is 0 Å². The molecule has 0 aliphatic carbocycles. The Labute approximate surface area is 100 Å². The van der Waals surface area contributed by atoms with Crippen LogP contribution in [0.3, 0.4) is 0 Å². The Morgan fingerprint density at radius 3 is 2.59 bits per heavy atom. The van der Waals surface area contributed by atoms with E-state index < -0.39 is 0 Å². The first kappa shape index (κ1) is 11.5. The number of carbonyl (C=O) groups excluding carboxylic acids is 1. The molecule has 0 bridgehead atoms. The number of aryl methyl sites for hydroxylation is 1. The van der Waals surface area contributed by atoms with Crippen LogP contribution in [0, 0.1) is 13.8 Å². The van der Waals surface area contributed by atoms with Crippen LogP contribution in [0.5, 0.6) is 5.75 Å². The van der Waals surface area contributed by atoms with Crippen molar-refractivity contribution in [3.8, 4) is 5.75 Å². The van der Waals surface area contributed by atoms with Crippen LogP contribution in [0.15, 0.2) is 34.9 Å². The molecule has 0 aliphatic rings. The summed E-state index contributed by atoms with van der Waals surface area (Å²) in [6.45, 7) is 3.92. The van der Waals surface area contributed by atoms with Crippen LogP contribution in [-0.4, -0.2) is 12.9 Å². The van der Waals surface area contributed by atoms with E-state index in [-0.39, 0.29) is 5.78 Å². The number of furan rings is 1. The van der Waals surface area contributed by atoms with Gasteiger partial charge in [0.2, 0.25) is 5.78 Å². The summed E-state index contributed by atoms with van der Waals surface area (Å²) in [5.41, 5.74) is 2.60. The van der Waals surface area contributed by atoms with Gasteiger partial charge in [0, 0.05) is 0 Å². The lowest BCUT2D eigenvalue weighted by Crippen LogP contribution is -2.05. The molecule has 3 heteroatoms. The molecule has 1 aromatic heterocycles. The minimum atomic E-state index is -0.157. The highest BCUT2D eigenvalue weighted by Gasteiger charge is 2.18. The van der Waals surface area contributed by atoms with Crippen molar-refractivity contribution in [2.24, 2.45) is 0 Å². The summed E-state index contributed by atoms with van der Waals surface area (Å²) in [6.07, 6.45) is 1.49. The highest BCUT2D eigenvalue weighted by atomic mass is 16.5. The van der Waals surface area contributed by atoms with Crippen molar-refractivity contribution in [3.63, 3.8) is 0 Å². The summed E-state index contributed by atoms with van der Waals surface area (Å²) in [5, 5.41) is 0. The first-order valence-corrected chi connectivity index (χ1v) is 5.37. The Balaban J connectivity index is 2.53. The van der Waals surface area contributed by atoms with Crippen molar-refractivity contribution >= 4 is 5.78 Å². The fraction of sp³-hybridized carbons (Fsp3) is 0.214. The lowest BCUT2D eigenvalue weighted by atomic mass is 10.0. The molecule has 0 saturated heterocycles. The molecule has 2 aromatic rings. The van der Waals surface area contributed by atoms with E-state index >= 15 is 0 Å². The molecule has 0 fully saturated rings. The van der Waals surface area contributed by atoms with Crippen LogP contribution >= 0.6 is 0 Å². The molecular weight excluding hydrogens is 216 g/mol. The molecule has 0 aliphatic heterocycles. The third-order valence-corrected chi connectivity index (χ3v) is 2.87. The standard InChI is InChI=1S/C14H14O3/c1-9-6-7-11(14(16-3)10(9)2)13(15)12-5-4-8-17-12/h4-8H,1-3H3. The number of ketones is 1. The molecule has 0 unspecified atom stereocenters. The number of methoxy groups -OCH3 is 1. The second kappa shape index (κ2) is 4.45. The van der Waals surface area contributed by atoms with Gasteiger partial charge in [0.05, 0.1) is 18.9 Å². The van der Waals surface area contributed by atoms with E-state index in [9.17, 15) is 4.79 Å². The molecule has 0 spiro atoms. The van der Waals surface area contributed by atoms with Gasteiger partial charge in [-0.3, -0.25) is 4.79 Å². The zero-order valence-electron chi connectivity index (χ0n) is 10.1. The van der Waals surface area contributed by atoms with Crippen LogP contribution in [0.25, 0.3) is 0 Å². The van der Waals surface area contributed by atoms with Gasteiger partial charge in [0.1, 0.15) is 5.75 Å².